The fraction of sp³-hybridized carbons (Fsp3) is 0.538. The monoisotopic (exact) mass is 222 g/mol. The summed E-state index contributed by atoms with van der Waals surface area (Å²) in [6.45, 7) is 2.04. The number of fused-ring (bicyclic) bond motifs is 1. The van der Waals surface area contributed by atoms with Gasteiger partial charge in [0.2, 0.25) is 0 Å². The fourth-order valence-corrected chi connectivity index (χ4v) is 2.60. The summed E-state index contributed by atoms with van der Waals surface area (Å²) in [6.07, 6.45) is 2.29. The van der Waals surface area contributed by atoms with E-state index in [0.29, 0.717) is 23.7 Å². The average Bonchev–Trinajstić information content (AvgIpc) is 3.03. The molecule has 3 heteroatoms. The van der Waals surface area contributed by atoms with Gasteiger partial charge in [-0.2, -0.15) is 0 Å². The summed E-state index contributed by atoms with van der Waals surface area (Å²) in [5.74, 6) is 0.853. The van der Waals surface area contributed by atoms with Crippen LogP contribution < -0.4 is 4.74 Å². The number of aliphatic hydroxyl groups is 1. The SMILES string of the molecule is CC1(C2CC2)C[C@@H](O)c2cc(F)ccc2O1. The molecule has 86 valence electrons. The Balaban J connectivity index is 1.99. The highest BCUT2D eigenvalue weighted by atomic mass is 19.1. The molecule has 2 aliphatic rings. The van der Waals surface area contributed by atoms with E-state index in [1.807, 2.05) is 6.92 Å². The lowest BCUT2D eigenvalue weighted by Gasteiger charge is -2.38. The first-order valence-electron chi connectivity index (χ1n) is 5.75. The molecule has 0 spiro atoms. The van der Waals surface area contributed by atoms with Gasteiger partial charge in [-0.3, -0.25) is 0 Å². The summed E-state index contributed by atoms with van der Waals surface area (Å²) < 4.78 is 19.0. The Morgan fingerprint density at radius 2 is 2.19 bits per heavy atom. The minimum atomic E-state index is -0.606. The molecule has 0 saturated heterocycles. The normalized spacial score (nSPS) is 33.1. The number of hydrogen-bond acceptors (Lipinski definition) is 2. The first-order valence-corrected chi connectivity index (χ1v) is 5.75. The van der Waals surface area contributed by atoms with Crippen LogP contribution >= 0.6 is 0 Å². The molecule has 2 atom stereocenters. The van der Waals surface area contributed by atoms with Gasteiger partial charge < -0.3 is 9.84 Å². The standard InChI is InChI=1S/C13H15FO2/c1-13(8-2-3-8)7-11(15)10-6-9(14)4-5-12(10)16-13/h4-6,8,11,15H,2-3,7H2,1H3/t11-,13?/m1/s1. The topological polar surface area (TPSA) is 29.5 Å². The largest absolute Gasteiger partial charge is 0.487 e. The van der Waals surface area contributed by atoms with E-state index in [-0.39, 0.29) is 11.4 Å². The van der Waals surface area contributed by atoms with Crippen molar-refractivity contribution >= 4 is 0 Å². The smallest absolute Gasteiger partial charge is 0.126 e. The maximum atomic E-state index is 13.1. The molecule has 1 aromatic carbocycles. The molecule has 1 aliphatic carbocycles. The Hall–Kier alpha value is -1.09. The average molecular weight is 222 g/mol. The maximum absolute atomic E-state index is 13.1. The van der Waals surface area contributed by atoms with Gasteiger partial charge in [-0.1, -0.05) is 0 Å². The molecule has 0 aromatic heterocycles. The third-order valence-corrected chi connectivity index (χ3v) is 3.71. The van der Waals surface area contributed by atoms with E-state index in [2.05, 4.69) is 0 Å². The van der Waals surface area contributed by atoms with Gasteiger partial charge in [0.25, 0.3) is 0 Å². The van der Waals surface area contributed by atoms with Crippen LogP contribution in [0.4, 0.5) is 4.39 Å². The van der Waals surface area contributed by atoms with E-state index in [1.165, 1.54) is 25.0 Å². The molecule has 1 heterocycles. The van der Waals surface area contributed by atoms with Crippen LogP contribution in [0.2, 0.25) is 0 Å². The molecule has 0 radical (unpaired) electrons. The van der Waals surface area contributed by atoms with E-state index < -0.39 is 6.10 Å². The summed E-state index contributed by atoms with van der Waals surface area (Å²) in [7, 11) is 0. The van der Waals surface area contributed by atoms with E-state index in [1.54, 1.807) is 6.07 Å². The second kappa shape index (κ2) is 3.20. The molecule has 16 heavy (non-hydrogen) atoms. The molecule has 1 aromatic rings. The highest BCUT2D eigenvalue weighted by Crippen LogP contribution is 2.50. The molecule has 1 saturated carbocycles. The van der Waals surface area contributed by atoms with Crippen molar-refractivity contribution in [1.82, 2.24) is 0 Å². The van der Waals surface area contributed by atoms with Gasteiger partial charge >= 0.3 is 0 Å². The van der Waals surface area contributed by atoms with Crippen molar-refractivity contribution in [1.29, 1.82) is 0 Å². The zero-order chi connectivity index (χ0) is 11.3. The molecule has 3 rings (SSSR count). The molecule has 2 nitrogen and oxygen atoms in total. The first kappa shape index (κ1) is 10.1. The summed E-state index contributed by atoms with van der Waals surface area (Å²) in [6, 6.07) is 4.37. The van der Waals surface area contributed by atoms with Crippen molar-refractivity contribution in [3.63, 3.8) is 0 Å². The highest BCUT2D eigenvalue weighted by Gasteiger charge is 2.47. The van der Waals surface area contributed by atoms with E-state index in [9.17, 15) is 9.50 Å². The van der Waals surface area contributed by atoms with Crippen LogP contribution in [0.1, 0.15) is 37.9 Å². The van der Waals surface area contributed by atoms with Crippen LogP contribution in [0.5, 0.6) is 5.75 Å². The summed E-state index contributed by atoms with van der Waals surface area (Å²) in [4.78, 5) is 0. The van der Waals surface area contributed by atoms with Gasteiger partial charge in [-0.25, -0.2) is 4.39 Å². The summed E-state index contributed by atoms with van der Waals surface area (Å²) in [5.41, 5.74) is 0.308. The number of aliphatic hydroxyl groups excluding tert-OH is 1. The molecule has 1 aliphatic heterocycles. The van der Waals surface area contributed by atoms with Gasteiger partial charge in [-0.15, -0.1) is 0 Å². The van der Waals surface area contributed by atoms with Crippen LogP contribution in [0, 0.1) is 11.7 Å². The molecular weight excluding hydrogens is 207 g/mol. The first-order chi connectivity index (χ1) is 7.58. The molecule has 0 amide bonds. The summed E-state index contributed by atoms with van der Waals surface area (Å²) in [5, 5.41) is 10.1. The Labute approximate surface area is 94.0 Å². The zero-order valence-electron chi connectivity index (χ0n) is 9.24. The number of hydrogen-bond donors (Lipinski definition) is 1. The number of benzene rings is 1. The van der Waals surface area contributed by atoms with Crippen molar-refractivity contribution < 1.29 is 14.2 Å². The second-order valence-corrected chi connectivity index (χ2v) is 5.09. The summed E-state index contributed by atoms with van der Waals surface area (Å²) >= 11 is 0. The molecular formula is C13H15FO2. The van der Waals surface area contributed by atoms with Crippen LogP contribution in [-0.2, 0) is 0 Å². The van der Waals surface area contributed by atoms with Crippen LogP contribution in [0.3, 0.4) is 0 Å². The van der Waals surface area contributed by atoms with Gasteiger partial charge in [-0.05, 0) is 43.9 Å². The Kier molecular flexibility index (Phi) is 2.02. The van der Waals surface area contributed by atoms with E-state index >= 15 is 0 Å². The molecule has 1 fully saturated rings. The maximum Gasteiger partial charge on any atom is 0.126 e. The van der Waals surface area contributed by atoms with Crippen molar-refractivity contribution in [2.45, 2.75) is 37.9 Å². The number of halogens is 1. The highest BCUT2D eigenvalue weighted by molar-refractivity contribution is 5.38. The molecule has 1 N–H and O–H groups in total. The lowest BCUT2D eigenvalue weighted by atomic mass is 9.86. The lowest BCUT2D eigenvalue weighted by Crippen LogP contribution is -2.40. The fourth-order valence-electron chi connectivity index (χ4n) is 2.60. The predicted molar refractivity (Wildman–Crippen MR) is 57.7 cm³/mol. The predicted octanol–water partition coefficient (Wildman–Crippen LogP) is 2.81. The molecule has 0 bridgehead atoms. The van der Waals surface area contributed by atoms with Gasteiger partial charge in [0.05, 0.1) is 6.10 Å². The van der Waals surface area contributed by atoms with Crippen LogP contribution in [0.15, 0.2) is 18.2 Å². The number of ether oxygens (including phenoxy) is 1. The van der Waals surface area contributed by atoms with Gasteiger partial charge in [0, 0.05) is 12.0 Å². The molecule has 1 unspecified atom stereocenters. The Morgan fingerprint density at radius 1 is 1.44 bits per heavy atom. The van der Waals surface area contributed by atoms with Crippen molar-refractivity contribution in [3.05, 3.63) is 29.6 Å². The van der Waals surface area contributed by atoms with E-state index in [4.69, 9.17) is 4.74 Å². The van der Waals surface area contributed by atoms with Crippen molar-refractivity contribution in [3.8, 4) is 5.75 Å². The van der Waals surface area contributed by atoms with Crippen LogP contribution in [-0.4, -0.2) is 10.7 Å². The lowest BCUT2D eigenvalue weighted by molar-refractivity contribution is -0.0168. The van der Waals surface area contributed by atoms with Gasteiger partial charge in [0.15, 0.2) is 0 Å². The minimum Gasteiger partial charge on any atom is -0.487 e. The quantitative estimate of drug-likeness (QED) is 0.791. The van der Waals surface area contributed by atoms with Crippen LogP contribution in [0.25, 0.3) is 0 Å². The Bertz CT molecular complexity index is 428. The second-order valence-electron chi connectivity index (χ2n) is 5.09. The third kappa shape index (κ3) is 1.50. The zero-order valence-corrected chi connectivity index (χ0v) is 9.24. The Morgan fingerprint density at radius 3 is 2.88 bits per heavy atom. The van der Waals surface area contributed by atoms with E-state index in [0.717, 1.165) is 0 Å². The minimum absolute atomic E-state index is 0.274. The van der Waals surface area contributed by atoms with Crippen molar-refractivity contribution in [2.75, 3.05) is 0 Å². The number of rotatable bonds is 1. The van der Waals surface area contributed by atoms with Gasteiger partial charge in [0.1, 0.15) is 17.2 Å². The van der Waals surface area contributed by atoms with Crippen molar-refractivity contribution in [2.24, 2.45) is 5.92 Å². The third-order valence-electron chi connectivity index (χ3n) is 3.71.